The average Bonchev–Trinajstić information content (AvgIpc) is 3.10. The average molecular weight is 328 g/mol. The Morgan fingerprint density at radius 2 is 2.25 bits per heavy atom. The number of carbonyl (C=O) groups is 1. The van der Waals surface area contributed by atoms with Gasteiger partial charge < -0.3 is 15.0 Å². The van der Waals surface area contributed by atoms with E-state index in [1.807, 2.05) is 54.5 Å². The number of aryl methyl sites for hydroxylation is 1. The topological polar surface area (TPSA) is 59.4 Å². The lowest BCUT2D eigenvalue weighted by Gasteiger charge is -2.28. The molecule has 2 heterocycles. The molecule has 1 aromatic heterocycles. The predicted octanol–water partition coefficient (Wildman–Crippen LogP) is 1.25. The highest BCUT2D eigenvalue weighted by Gasteiger charge is 2.18. The molecule has 1 saturated heterocycles. The molecule has 0 spiro atoms. The van der Waals surface area contributed by atoms with Crippen molar-refractivity contribution in [2.45, 2.75) is 18.9 Å². The van der Waals surface area contributed by atoms with Gasteiger partial charge in [0.05, 0.1) is 25.1 Å². The van der Waals surface area contributed by atoms with Crippen molar-refractivity contribution in [3.8, 4) is 5.69 Å². The zero-order valence-electron chi connectivity index (χ0n) is 14.0. The van der Waals surface area contributed by atoms with Crippen LogP contribution in [0, 0.1) is 0 Å². The summed E-state index contributed by atoms with van der Waals surface area (Å²) in [4.78, 5) is 14.1. The number of morpholine rings is 1. The second-order valence-electron chi connectivity index (χ2n) is 6.13. The number of nitrogens with one attached hydrogen (secondary N) is 1. The zero-order chi connectivity index (χ0) is 16.8. The van der Waals surface area contributed by atoms with Gasteiger partial charge in [0.1, 0.15) is 0 Å². The molecular weight excluding hydrogens is 304 g/mol. The maximum atomic E-state index is 12.3. The lowest BCUT2D eigenvalue weighted by atomic mass is 10.2. The first kappa shape index (κ1) is 16.7. The molecular formula is C18H24N4O2. The van der Waals surface area contributed by atoms with Gasteiger partial charge in [0.15, 0.2) is 0 Å². The van der Waals surface area contributed by atoms with E-state index in [2.05, 4.69) is 10.4 Å². The van der Waals surface area contributed by atoms with Crippen molar-refractivity contribution in [1.29, 1.82) is 0 Å². The van der Waals surface area contributed by atoms with E-state index in [1.165, 1.54) is 0 Å². The number of para-hydroxylation sites is 1. The summed E-state index contributed by atoms with van der Waals surface area (Å²) in [6, 6.07) is 10.2. The van der Waals surface area contributed by atoms with Crippen LogP contribution in [0.15, 0.2) is 42.7 Å². The molecule has 6 heteroatoms. The Labute approximate surface area is 142 Å². The van der Waals surface area contributed by atoms with Crippen molar-refractivity contribution < 1.29 is 9.53 Å². The van der Waals surface area contributed by atoms with Crippen LogP contribution in [0.5, 0.6) is 0 Å². The smallest absolute Gasteiger partial charge is 0.222 e. The maximum Gasteiger partial charge on any atom is 0.222 e. The van der Waals surface area contributed by atoms with E-state index in [0.717, 1.165) is 24.4 Å². The molecule has 0 saturated carbocycles. The van der Waals surface area contributed by atoms with Crippen LogP contribution in [-0.4, -0.2) is 60.0 Å². The number of ether oxygens (including phenoxy) is 1. The van der Waals surface area contributed by atoms with Crippen LogP contribution >= 0.6 is 0 Å². The summed E-state index contributed by atoms with van der Waals surface area (Å²) in [7, 11) is 1.85. The summed E-state index contributed by atoms with van der Waals surface area (Å²) >= 11 is 0. The third kappa shape index (κ3) is 4.43. The minimum atomic E-state index is 0.148. The van der Waals surface area contributed by atoms with Crippen LogP contribution < -0.4 is 5.32 Å². The molecule has 1 aliphatic heterocycles. The van der Waals surface area contributed by atoms with E-state index in [1.54, 1.807) is 4.90 Å². The second-order valence-corrected chi connectivity index (χ2v) is 6.13. The normalized spacial score (nSPS) is 17.6. The largest absolute Gasteiger partial charge is 0.378 e. The van der Waals surface area contributed by atoms with E-state index < -0.39 is 0 Å². The predicted molar refractivity (Wildman–Crippen MR) is 92.1 cm³/mol. The Morgan fingerprint density at radius 1 is 1.42 bits per heavy atom. The number of likely N-dealkylation sites (N-methyl/N-ethyl adjacent to an activating group) is 1. The SMILES string of the molecule is CN(CC1COCCN1)C(=O)CCc1cnn(-c2ccccc2)c1. The molecule has 1 aromatic carbocycles. The van der Waals surface area contributed by atoms with Crippen molar-refractivity contribution in [1.82, 2.24) is 20.0 Å². The number of amides is 1. The quantitative estimate of drug-likeness (QED) is 0.867. The fraction of sp³-hybridized carbons (Fsp3) is 0.444. The lowest BCUT2D eigenvalue weighted by Crippen LogP contribution is -2.48. The van der Waals surface area contributed by atoms with Crippen molar-refractivity contribution in [2.24, 2.45) is 0 Å². The minimum absolute atomic E-state index is 0.148. The molecule has 128 valence electrons. The summed E-state index contributed by atoms with van der Waals surface area (Å²) in [5.74, 6) is 0.148. The molecule has 2 aromatic rings. The second kappa shape index (κ2) is 8.08. The van der Waals surface area contributed by atoms with E-state index >= 15 is 0 Å². The number of benzene rings is 1. The van der Waals surface area contributed by atoms with E-state index in [4.69, 9.17) is 4.74 Å². The first-order chi connectivity index (χ1) is 11.7. The molecule has 0 aliphatic carbocycles. The van der Waals surface area contributed by atoms with Gasteiger partial charge in [-0.2, -0.15) is 5.10 Å². The summed E-state index contributed by atoms with van der Waals surface area (Å²) < 4.78 is 7.27. The minimum Gasteiger partial charge on any atom is -0.378 e. The van der Waals surface area contributed by atoms with E-state index in [-0.39, 0.29) is 11.9 Å². The van der Waals surface area contributed by atoms with Crippen molar-refractivity contribution in [3.05, 3.63) is 48.3 Å². The highest BCUT2D eigenvalue weighted by molar-refractivity contribution is 5.76. The first-order valence-electron chi connectivity index (χ1n) is 8.36. The standard InChI is InChI=1S/C18H24N4O2/c1-21(13-16-14-24-10-9-19-16)18(23)8-7-15-11-20-22(12-15)17-5-3-2-4-6-17/h2-6,11-12,16,19H,7-10,13-14H2,1H3. The molecule has 24 heavy (non-hydrogen) atoms. The number of aromatic nitrogens is 2. The fourth-order valence-corrected chi connectivity index (χ4v) is 2.82. The Balaban J connectivity index is 1.48. The van der Waals surface area contributed by atoms with Gasteiger partial charge in [-0.1, -0.05) is 18.2 Å². The van der Waals surface area contributed by atoms with Crippen LogP contribution in [-0.2, 0) is 16.0 Å². The Bertz CT molecular complexity index is 650. The molecule has 3 rings (SSSR count). The molecule has 1 atom stereocenters. The zero-order valence-corrected chi connectivity index (χ0v) is 14.0. The molecule has 0 bridgehead atoms. The van der Waals surface area contributed by atoms with Crippen LogP contribution in [0.1, 0.15) is 12.0 Å². The summed E-state index contributed by atoms with van der Waals surface area (Å²) in [5, 5.41) is 7.74. The molecule has 1 amide bonds. The molecule has 6 nitrogen and oxygen atoms in total. The van der Waals surface area contributed by atoms with Gasteiger partial charge >= 0.3 is 0 Å². The maximum absolute atomic E-state index is 12.3. The first-order valence-corrected chi connectivity index (χ1v) is 8.36. The number of hydrogen-bond donors (Lipinski definition) is 1. The van der Waals surface area contributed by atoms with Crippen LogP contribution in [0.2, 0.25) is 0 Å². The summed E-state index contributed by atoms with van der Waals surface area (Å²) in [6.07, 6.45) is 5.01. The van der Waals surface area contributed by atoms with Gasteiger partial charge in [-0.15, -0.1) is 0 Å². The van der Waals surface area contributed by atoms with Gasteiger partial charge in [0.25, 0.3) is 0 Å². The molecule has 1 fully saturated rings. The molecule has 0 radical (unpaired) electrons. The Hall–Kier alpha value is -2.18. The summed E-state index contributed by atoms with van der Waals surface area (Å²) in [5.41, 5.74) is 2.09. The number of carbonyl (C=O) groups excluding carboxylic acids is 1. The number of hydrogen-bond acceptors (Lipinski definition) is 4. The van der Waals surface area contributed by atoms with Crippen LogP contribution in [0.4, 0.5) is 0 Å². The lowest BCUT2D eigenvalue weighted by molar-refractivity contribution is -0.130. The van der Waals surface area contributed by atoms with Gasteiger partial charge in [-0.25, -0.2) is 4.68 Å². The van der Waals surface area contributed by atoms with Gasteiger partial charge in [0, 0.05) is 38.8 Å². The fourth-order valence-electron chi connectivity index (χ4n) is 2.82. The highest BCUT2D eigenvalue weighted by Crippen LogP contribution is 2.10. The summed E-state index contributed by atoms with van der Waals surface area (Å²) in [6.45, 7) is 2.95. The third-order valence-electron chi connectivity index (χ3n) is 4.20. The molecule has 1 unspecified atom stereocenters. The Morgan fingerprint density at radius 3 is 3.00 bits per heavy atom. The third-order valence-corrected chi connectivity index (χ3v) is 4.20. The molecule has 1 aliphatic rings. The number of nitrogens with zero attached hydrogens (tertiary/aromatic N) is 3. The van der Waals surface area contributed by atoms with Gasteiger partial charge in [-0.3, -0.25) is 4.79 Å². The van der Waals surface area contributed by atoms with Gasteiger partial charge in [0.2, 0.25) is 5.91 Å². The monoisotopic (exact) mass is 328 g/mol. The number of rotatable bonds is 6. The van der Waals surface area contributed by atoms with E-state index in [0.29, 0.717) is 26.0 Å². The van der Waals surface area contributed by atoms with Crippen molar-refractivity contribution >= 4 is 5.91 Å². The van der Waals surface area contributed by atoms with E-state index in [9.17, 15) is 4.79 Å². The van der Waals surface area contributed by atoms with Crippen molar-refractivity contribution in [3.63, 3.8) is 0 Å². The van der Waals surface area contributed by atoms with Crippen molar-refractivity contribution in [2.75, 3.05) is 33.4 Å². The van der Waals surface area contributed by atoms with Crippen LogP contribution in [0.25, 0.3) is 5.69 Å². The highest BCUT2D eigenvalue weighted by atomic mass is 16.5. The van der Waals surface area contributed by atoms with Gasteiger partial charge in [-0.05, 0) is 24.1 Å². The molecule has 1 N–H and O–H groups in total. The Kier molecular flexibility index (Phi) is 5.61. The van der Waals surface area contributed by atoms with Crippen LogP contribution in [0.3, 0.4) is 0 Å².